The van der Waals surface area contributed by atoms with Crippen molar-refractivity contribution in [1.29, 1.82) is 0 Å². The van der Waals surface area contributed by atoms with Gasteiger partial charge in [-0.1, -0.05) is 17.7 Å². The third-order valence-corrected chi connectivity index (χ3v) is 2.31. The average molecular weight is 256 g/mol. The molecule has 4 nitrogen and oxygen atoms in total. The number of aromatic hydroxyl groups is 1. The minimum atomic E-state index is -0.905. The number of phenolic OH excluding ortho intramolecular Hbond substituents is 1. The fraction of sp³-hybridized carbons (Fsp3) is 0.250. The molecule has 0 aliphatic rings. The molecule has 0 aromatic heterocycles. The molecule has 1 aromatic carbocycles. The van der Waals surface area contributed by atoms with E-state index >= 15 is 0 Å². The maximum Gasteiger partial charge on any atom is 0.317 e. The average Bonchev–Trinajstić information content (AvgIpc) is 2.14. The van der Waals surface area contributed by atoms with Gasteiger partial charge in [-0.25, -0.2) is 0 Å². The number of carboxylic acid groups (broad SMARTS) is 1. The first-order valence-electron chi connectivity index (χ1n) is 5.04. The first-order valence-corrected chi connectivity index (χ1v) is 5.42. The highest BCUT2D eigenvalue weighted by molar-refractivity contribution is 6.30. The summed E-state index contributed by atoms with van der Waals surface area (Å²) in [6, 6.07) is 4.68. The van der Waals surface area contributed by atoms with Crippen molar-refractivity contribution < 1.29 is 15.0 Å². The molecule has 1 aromatic rings. The molecule has 0 amide bonds. The highest BCUT2D eigenvalue weighted by Gasteiger charge is 2.09. The lowest BCUT2D eigenvalue weighted by atomic mass is 10.2. The molecule has 17 heavy (non-hydrogen) atoms. The highest BCUT2D eigenvalue weighted by Crippen LogP contribution is 2.20. The Morgan fingerprint density at radius 2 is 2.18 bits per heavy atom. The van der Waals surface area contributed by atoms with Crippen LogP contribution < -0.4 is 0 Å². The normalized spacial score (nSPS) is 10.5. The molecule has 0 aliphatic heterocycles. The van der Waals surface area contributed by atoms with Crippen molar-refractivity contribution in [2.45, 2.75) is 6.54 Å². The summed E-state index contributed by atoms with van der Waals surface area (Å²) in [7, 11) is 0. The SMILES string of the molecule is C=CCN(CC(=O)O)Cc1cc(O)cc(Cl)c1. The van der Waals surface area contributed by atoms with Crippen LogP contribution in [0.5, 0.6) is 5.75 Å². The molecule has 92 valence electrons. The molecule has 0 saturated heterocycles. The minimum Gasteiger partial charge on any atom is -0.508 e. The maximum absolute atomic E-state index is 10.7. The third kappa shape index (κ3) is 4.89. The van der Waals surface area contributed by atoms with Crippen LogP contribution in [0.1, 0.15) is 5.56 Å². The van der Waals surface area contributed by atoms with Gasteiger partial charge in [-0.05, 0) is 23.8 Å². The predicted octanol–water partition coefficient (Wildman–Crippen LogP) is 2.12. The van der Waals surface area contributed by atoms with E-state index in [1.165, 1.54) is 6.07 Å². The van der Waals surface area contributed by atoms with Gasteiger partial charge in [0.05, 0.1) is 6.54 Å². The van der Waals surface area contributed by atoms with Crippen LogP contribution in [0, 0.1) is 0 Å². The second-order valence-electron chi connectivity index (χ2n) is 3.67. The molecule has 1 rings (SSSR count). The monoisotopic (exact) mass is 255 g/mol. The van der Waals surface area contributed by atoms with Gasteiger partial charge in [-0.15, -0.1) is 6.58 Å². The molecule has 2 N–H and O–H groups in total. The van der Waals surface area contributed by atoms with Gasteiger partial charge >= 0.3 is 5.97 Å². The fourth-order valence-electron chi connectivity index (χ4n) is 1.54. The number of carbonyl (C=O) groups is 1. The number of nitrogens with zero attached hydrogens (tertiary/aromatic N) is 1. The van der Waals surface area contributed by atoms with Gasteiger partial charge in [0.25, 0.3) is 0 Å². The number of hydrogen-bond donors (Lipinski definition) is 2. The van der Waals surface area contributed by atoms with Crippen LogP contribution in [0.4, 0.5) is 0 Å². The van der Waals surface area contributed by atoms with Crippen molar-refractivity contribution in [2.24, 2.45) is 0 Å². The van der Waals surface area contributed by atoms with Crippen LogP contribution >= 0.6 is 11.6 Å². The smallest absolute Gasteiger partial charge is 0.317 e. The van der Waals surface area contributed by atoms with Crippen molar-refractivity contribution >= 4 is 17.6 Å². The minimum absolute atomic E-state index is 0.0707. The Morgan fingerprint density at radius 3 is 2.71 bits per heavy atom. The summed E-state index contributed by atoms with van der Waals surface area (Å²) in [5.74, 6) is -0.834. The molecule has 0 atom stereocenters. The zero-order valence-corrected chi connectivity index (χ0v) is 10.0. The van der Waals surface area contributed by atoms with Gasteiger partial charge in [0.1, 0.15) is 5.75 Å². The lowest BCUT2D eigenvalue weighted by molar-refractivity contribution is -0.138. The number of halogens is 1. The van der Waals surface area contributed by atoms with Crippen molar-refractivity contribution in [2.75, 3.05) is 13.1 Å². The summed E-state index contributed by atoms with van der Waals surface area (Å²) in [6.45, 7) is 4.34. The molecule has 0 heterocycles. The predicted molar refractivity (Wildman–Crippen MR) is 66.2 cm³/mol. The quantitative estimate of drug-likeness (QED) is 0.765. The number of aliphatic carboxylic acids is 1. The zero-order chi connectivity index (χ0) is 12.8. The lowest BCUT2D eigenvalue weighted by Crippen LogP contribution is -2.29. The third-order valence-electron chi connectivity index (χ3n) is 2.09. The number of rotatable bonds is 6. The molecule has 0 saturated carbocycles. The van der Waals surface area contributed by atoms with E-state index in [9.17, 15) is 9.90 Å². The van der Waals surface area contributed by atoms with E-state index in [0.717, 1.165) is 5.56 Å². The Kier molecular flexibility index (Phi) is 5.00. The second kappa shape index (κ2) is 6.27. The Morgan fingerprint density at radius 1 is 1.47 bits per heavy atom. The summed E-state index contributed by atoms with van der Waals surface area (Å²) >= 11 is 5.80. The molecule has 0 spiro atoms. The van der Waals surface area contributed by atoms with E-state index in [0.29, 0.717) is 18.1 Å². The van der Waals surface area contributed by atoms with Gasteiger partial charge in [-0.2, -0.15) is 0 Å². The van der Waals surface area contributed by atoms with E-state index in [4.69, 9.17) is 16.7 Å². The second-order valence-corrected chi connectivity index (χ2v) is 4.11. The Labute approximate surface area is 105 Å². The first kappa shape index (κ1) is 13.5. The van der Waals surface area contributed by atoms with Crippen molar-refractivity contribution in [3.05, 3.63) is 41.4 Å². The van der Waals surface area contributed by atoms with Gasteiger partial charge < -0.3 is 10.2 Å². The summed E-state index contributed by atoms with van der Waals surface area (Å²) in [5.41, 5.74) is 0.762. The van der Waals surface area contributed by atoms with Crippen LogP contribution in [0.25, 0.3) is 0 Å². The van der Waals surface area contributed by atoms with Crippen LogP contribution in [0.2, 0.25) is 5.02 Å². The molecule has 0 bridgehead atoms. The number of benzene rings is 1. The van der Waals surface area contributed by atoms with E-state index in [1.54, 1.807) is 23.1 Å². The highest BCUT2D eigenvalue weighted by atomic mass is 35.5. The lowest BCUT2D eigenvalue weighted by Gasteiger charge is -2.18. The number of hydrogen-bond acceptors (Lipinski definition) is 3. The summed E-state index contributed by atoms with van der Waals surface area (Å²) in [5, 5.41) is 18.6. The number of carboxylic acids is 1. The Bertz CT molecular complexity index is 400. The van der Waals surface area contributed by atoms with Crippen LogP contribution in [-0.2, 0) is 11.3 Å². The van der Waals surface area contributed by atoms with Crippen LogP contribution in [0.3, 0.4) is 0 Å². The van der Waals surface area contributed by atoms with E-state index in [1.807, 2.05) is 0 Å². The topological polar surface area (TPSA) is 60.8 Å². The van der Waals surface area contributed by atoms with E-state index in [2.05, 4.69) is 6.58 Å². The largest absolute Gasteiger partial charge is 0.508 e. The molecular weight excluding hydrogens is 242 g/mol. The van der Waals surface area contributed by atoms with Gasteiger partial charge in [0.15, 0.2) is 0 Å². The molecule has 0 radical (unpaired) electrons. The van der Waals surface area contributed by atoms with E-state index in [-0.39, 0.29) is 12.3 Å². The molecule has 5 heteroatoms. The maximum atomic E-state index is 10.7. The summed E-state index contributed by atoms with van der Waals surface area (Å²) in [6.07, 6.45) is 1.63. The standard InChI is InChI=1S/C12H14ClNO3/c1-2-3-14(8-12(16)17)7-9-4-10(13)6-11(15)5-9/h2,4-6,15H,1,3,7-8H2,(H,16,17). The van der Waals surface area contributed by atoms with Crippen molar-refractivity contribution in [3.63, 3.8) is 0 Å². The number of phenols is 1. The fourth-order valence-corrected chi connectivity index (χ4v) is 1.79. The van der Waals surface area contributed by atoms with Crippen molar-refractivity contribution in [3.8, 4) is 5.75 Å². The summed E-state index contributed by atoms with van der Waals surface area (Å²) in [4.78, 5) is 12.3. The van der Waals surface area contributed by atoms with E-state index < -0.39 is 5.97 Å². The summed E-state index contributed by atoms with van der Waals surface area (Å²) < 4.78 is 0. The van der Waals surface area contributed by atoms with Crippen LogP contribution in [0.15, 0.2) is 30.9 Å². The molecule has 0 unspecified atom stereocenters. The molecular formula is C12H14ClNO3. The van der Waals surface area contributed by atoms with Crippen LogP contribution in [-0.4, -0.2) is 34.2 Å². The molecule has 0 aliphatic carbocycles. The van der Waals surface area contributed by atoms with Gasteiger partial charge in [0, 0.05) is 18.1 Å². The van der Waals surface area contributed by atoms with Gasteiger partial charge in [0.2, 0.25) is 0 Å². The Balaban J connectivity index is 2.77. The van der Waals surface area contributed by atoms with Crippen molar-refractivity contribution in [1.82, 2.24) is 4.90 Å². The molecule has 0 fully saturated rings. The van der Waals surface area contributed by atoms with Gasteiger partial charge in [-0.3, -0.25) is 9.69 Å². The first-order chi connectivity index (χ1) is 8.01. The zero-order valence-electron chi connectivity index (χ0n) is 9.27. The Hall–Kier alpha value is -1.52.